The number of amides is 2. The minimum atomic E-state index is -0.486. The van der Waals surface area contributed by atoms with Crippen molar-refractivity contribution in [3.8, 4) is 0 Å². The zero-order valence-electron chi connectivity index (χ0n) is 16.9. The second-order valence-corrected chi connectivity index (χ2v) is 6.80. The van der Waals surface area contributed by atoms with Gasteiger partial charge in [0.05, 0.1) is 10.6 Å². The van der Waals surface area contributed by atoms with E-state index in [1.54, 1.807) is 36.4 Å². The molecule has 0 saturated heterocycles. The lowest BCUT2D eigenvalue weighted by Crippen LogP contribution is -2.35. The Morgan fingerprint density at radius 1 is 0.933 bits per heavy atom. The lowest BCUT2D eigenvalue weighted by molar-refractivity contribution is -0.384. The highest BCUT2D eigenvalue weighted by atomic mass is 16.6. The molecule has 2 rings (SSSR count). The van der Waals surface area contributed by atoms with Gasteiger partial charge in [-0.25, -0.2) is 0 Å². The summed E-state index contributed by atoms with van der Waals surface area (Å²) in [7, 11) is 0. The summed E-state index contributed by atoms with van der Waals surface area (Å²) in [6.07, 6.45) is 4.64. The van der Waals surface area contributed by atoms with Crippen LogP contribution in [-0.4, -0.2) is 16.7 Å². The van der Waals surface area contributed by atoms with E-state index in [-0.39, 0.29) is 17.5 Å². The summed E-state index contributed by atoms with van der Waals surface area (Å²) in [5, 5.41) is 13.5. The Labute approximate surface area is 175 Å². The van der Waals surface area contributed by atoms with E-state index in [2.05, 4.69) is 29.7 Å². The Morgan fingerprint density at radius 2 is 1.57 bits per heavy atom. The fourth-order valence-corrected chi connectivity index (χ4v) is 2.70. The maximum atomic E-state index is 12.3. The van der Waals surface area contributed by atoms with Gasteiger partial charge < -0.3 is 5.32 Å². The van der Waals surface area contributed by atoms with Gasteiger partial charge in [0.15, 0.2) is 0 Å². The number of carbonyl (C=O) groups excluding carboxylic acids is 2. The summed E-state index contributed by atoms with van der Waals surface area (Å²) in [6, 6.07) is 12.4. The molecular weight excluding hydrogens is 384 g/mol. The fraction of sp³-hybridized carbons (Fsp3) is 0.273. The van der Waals surface area contributed by atoms with Crippen LogP contribution in [0.3, 0.4) is 0 Å². The maximum Gasteiger partial charge on any atom is 0.269 e. The van der Waals surface area contributed by atoms with Gasteiger partial charge >= 0.3 is 0 Å². The largest absolute Gasteiger partial charge is 0.326 e. The topological polar surface area (TPSA) is 113 Å². The molecule has 0 aromatic heterocycles. The van der Waals surface area contributed by atoms with Gasteiger partial charge in [0.1, 0.15) is 0 Å². The average Bonchev–Trinajstić information content (AvgIpc) is 2.75. The highest BCUT2D eigenvalue weighted by Crippen LogP contribution is 2.16. The quantitative estimate of drug-likeness (QED) is 0.288. The van der Waals surface area contributed by atoms with Crippen molar-refractivity contribution >= 4 is 28.9 Å². The van der Waals surface area contributed by atoms with E-state index in [4.69, 9.17) is 0 Å². The predicted molar refractivity (Wildman–Crippen MR) is 117 cm³/mol. The van der Waals surface area contributed by atoms with Crippen LogP contribution in [0.1, 0.15) is 54.9 Å². The molecule has 2 aromatic carbocycles. The number of nitrogens with zero attached hydrogens (tertiary/aromatic N) is 1. The number of hydrogen-bond donors (Lipinski definition) is 3. The number of non-ortho nitro benzene ring substituents is 1. The summed E-state index contributed by atoms with van der Waals surface area (Å²) in [6.45, 7) is 5.93. The Kier molecular flexibility index (Phi) is 8.56. The van der Waals surface area contributed by atoms with E-state index in [0.717, 1.165) is 25.7 Å². The van der Waals surface area contributed by atoms with Crippen LogP contribution in [0.5, 0.6) is 0 Å². The van der Waals surface area contributed by atoms with Crippen LogP contribution in [-0.2, 0) is 4.79 Å². The molecule has 0 bridgehead atoms. The molecule has 8 heteroatoms. The summed E-state index contributed by atoms with van der Waals surface area (Å²) < 4.78 is 0. The van der Waals surface area contributed by atoms with E-state index < -0.39 is 4.92 Å². The lowest BCUT2D eigenvalue weighted by atomic mass is 10.1. The number of nitrogens with one attached hydrogen (secondary N) is 3. The molecule has 0 radical (unpaired) electrons. The van der Waals surface area contributed by atoms with Crippen molar-refractivity contribution in [3.05, 3.63) is 76.4 Å². The number of benzene rings is 2. The van der Waals surface area contributed by atoms with Crippen molar-refractivity contribution in [2.45, 2.75) is 39.0 Å². The molecule has 8 nitrogen and oxygen atoms in total. The third kappa shape index (κ3) is 7.05. The molecule has 0 saturated carbocycles. The van der Waals surface area contributed by atoms with E-state index in [0.29, 0.717) is 28.9 Å². The number of hydrazine groups is 1. The fourth-order valence-electron chi connectivity index (χ4n) is 2.70. The van der Waals surface area contributed by atoms with E-state index >= 15 is 0 Å². The minimum Gasteiger partial charge on any atom is -0.326 e. The Hall–Kier alpha value is -3.68. The summed E-state index contributed by atoms with van der Waals surface area (Å²) in [5.74, 6) is -0.417. The third-order valence-corrected chi connectivity index (χ3v) is 4.44. The second kappa shape index (κ2) is 11.4. The number of rotatable bonds is 11. The lowest BCUT2D eigenvalue weighted by Gasteiger charge is -2.12. The van der Waals surface area contributed by atoms with Gasteiger partial charge in [0, 0.05) is 29.8 Å². The van der Waals surface area contributed by atoms with Crippen LogP contribution in [0, 0.1) is 10.1 Å². The van der Waals surface area contributed by atoms with Gasteiger partial charge in [-0.3, -0.25) is 30.6 Å². The monoisotopic (exact) mass is 410 g/mol. The Morgan fingerprint density at radius 3 is 2.17 bits per heavy atom. The maximum absolute atomic E-state index is 12.3. The first kappa shape index (κ1) is 22.6. The van der Waals surface area contributed by atoms with Gasteiger partial charge in [-0.2, -0.15) is 0 Å². The van der Waals surface area contributed by atoms with Crippen molar-refractivity contribution in [3.63, 3.8) is 0 Å². The molecule has 0 unspecified atom stereocenters. The van der Waals surface area contributed by atoms with Crippen LogP contribution in [0.4, 0.5) is 11.4 Å². The first-order chi connectivity index (χ1) is 14.4. The number of carbonyl (C=O) groups is 2. The number of unbranched alkanes of at least 4 members (excludes halogenated alkanes) is 3. The smallest absolute Gasteiger partial charge is 0.269 e. The van der Waals surface area contributed by atoms with Crippen LogP contribution >= 0.6 is 0 Å². The summed E-state index contributed by atoms with van der Waals surface area (Å²) in [5.41, 5.74) is 7.23. The van der Waals surface area contributed by atoms with Crippen LogP contribution < -0.4 is 16.2 Å². The number of hydrogen-bond acceptors (Lipinski definition) is 5. The Bertz CT molecular complexity index is 892. The van der Waals surface area contributed by atoms with Crippen LogP contribution in [0.25, 0.3) is 5.70 Å². The molecule has 0 heterocycles. The van der Waals surface area contributed by atoms with E-state index in [1.165, 1.54) is 12.1 Å². The van der Waals surface area contributed by atoms with E-state index in [9.17, 15) is 19.7 Å². The molecular formula is C22H26N4O4. The second-order valence-electron chi connectivity index (χ2n) is 6.80. The molecule has 2 amide bonds. The van der Waals surface area contributed by atoms with Crippen LogP contribution in [0.2, 0.25) is 0 Å². The van der Waals surface area contributed by atoms with E-state index in [1.807, 2.05) is 0 Å². The molecule has 30 heavy (non-hydrogen) atoms. The first-order valence-electron chi connectivity index (χ1n) is 9.80. The minimum absolute atomic E-state index is 0.0243. The van der Waals surface area contributed by atoms with Crippen molar-refractivity contribution in [2.24, 2.45) is 0 Å². The first-order valence-corrected chi connectivity index (χ1v) is 9.80. The zero-order valence-corrected chi connectivity index (χ0v) is 16.9. The van der Waals surface area contributed by atoms with Crippen molar-refractivity contribution in [1.29, 1.82) is 0 Å². The van der Waals surface area contributed by atoms with Gasteiger partial charge in [0.25, 0.3) is 11.6 Å². The normalized spacial score (nSPS) is 10.2. The average molecular weight is 410 g/mol. The highest BCUT2D eigenvalue weighted by molar-refractivity contribution is 5.96. The zero-order chi connectivity index (χ0) is 21.9. The molecule has 0 aliphatic heterocycles. The molecule has 2 aromatic rings. The molecule has 0 atom stereocenters. The van der Waals surface area contributed by atoms with Crippen LogP contribution in [0.15, 0.2) is 55.1 Å². The van der Waals surface area contributed by atoms with Gasteiger partial charge in [-0.15, -0.1) is 0 Å². The van der Waals surface area contributed by atoms with Crippen molar-refractivity contribution < 1.29 is 14.5 Å². The van der Waals surface area contributed by atoms with Gasteiger partial charge in [0.2, 0.25) is 5.91 Å². The number of nitro groups is 1. The standard InChI is InChI=1S/C22H26N4O4/c1-3-4-5-6-7-21(27)23-19-12-8-18(9-13-19)22(28)25-24-16(2)17-10-14-20(15-11-17)26(29)30/h8-15,24H,2-7H2,1H3,(H,23,27)(H,25,28). The molecule has 0 aliphatic rings. The summed E-state index contributed by atoms with van der Waals surface area (Å²) >= 11 is 0. The molecule has 0 spiro atoms. The molecule has 0 fully saturated rings. The highest BCUT2D eigenvalue weighted by Gasteiger charge is 2.09. The SMILES string of the molecule is C=C(NNC(=O)c1ccc(NC(=O)CCCCCC)cc1)c1ccc([N+](=O)[O-])cc1. The van der Waals surface area contributed by atoms with Crippen molar-refractivity contribution in [2.75, 3.05) is 5.32 Å². The summed E-state index contributed by atoms with van der Waals surface area (Å²) in [4.78, 5) is 34.4. The number of anilines is 1. The van der Waals surface area contributed by atoms with Gasteiger partial charge in [-0.1, -0.05) is 32.8 Å². The van der Waals surface area contributed by atoms with Crippen molar-refractivity contribution in [1.82, 2.24) is 10.9 Å². The molecule has 158 valence electrons. The predicted octanol–water partition coefficient (Wildman–Crippen LogP) is 4.41. The molecule has 0 aliphatic carbocycles. The number of nitro benzene ring substituents is 1. The third-order valence-electron chi connectivity index (χ3n) is 4.44. The van der Waals surface area contributed by atoms with Gasteiger partial charge in [-0.05, 0) is 48.4 Å². The Balaban J connectivity index is 1.82. The molecule has 3 N–H and O–H groups in total.